The summed E-state index contributed by atoms with van der Waals surface area (Å²) in [6.07, 6.45) is 0. The topological polar surface area (TPSA) is 26.8 Å². The molecule has 1 amide bonds. The van der Waals surface area contributed by atoms with Gasteiger partial charge in [-0.2, -0.15) is 0 Å². The molecule has 0 unspecified atom stereocenters. The molecule has 86 valence electrons. The van der Waals surface area contributed by atoms with Crippen molar-refractivity contribution in [1.29, 1.82) is 0 Å². The lowest BCUT2D eigenvalue weighted by atomic mass is 10.0. The number of carbonyl (C=O) groups excluding carboxylic acids is 1. The summed E-state index contributed by atoms with van der Waals surface area (Å²) >= 11 is 0. The van der Waals surface area contributed by atoms with Crippen LogP contribution in [-0.4, -0.2) is 73.5 Å². The molecule has 0 spiro atoms. The third-order valence-corrected chi connectivity index (χ3v) is 3.35. The Bertz CT molecular complexity index is 230. The van der Waals surface area contributed by atoms with Crippen LogP contribution >= 0.6 is 0 Å². The summed E-state index contributed by atoms with van der Waals surface area (Å²) in [7, 11) is 2.11. The summed E-state index contributed by atoms with van der Waals surface area (Å²) in [5.41, 5.74) is 0. The molecule has 2 aliphatic rings. The molecule has 0 atom stereocenters. The van der Waals surface area contributed by atoms with Crippen LogP contribution in [0.15, 0.2) is 0 Å². The summed E-state index contributed by atoms with van der Waals surface area (Å²) < 4.78 is 0. The van der Waals surface area contributed by atoms with E-state index in [1.54, 1.807) is 0 Å². The number of hydrogen-bond donors (Lipinski definition) is 0. The molecular weight excluding hydrogens is 190 g/mol. The molecule has 0 aromatic carbocycles. The second-order valence-electron chi connectivity index (χ2n) is 4.98. The Kier molecular flexibility index (Phi) is 3.26. The van der Waals surface area contributed by atoms with Crippen molar-refractivity contribution in [1.82, 2.24) is 14.7 Å². The molecule has 2 saturated heterocycles. The lowest BCUT2D eigenvalue weighted by Gasteiger charge is -2.39. The van der Waals surface area contributed by atoms with Gasteiger partial charge in [0.25, 0.3) is 0 Å². The van der Waals surface area contributed by atoms with E-state index in [1.165, 1.54) is 0 Å². The average molecular weight is 211 g/mol. The second-order valence-corrected chi connectivity index (χ2v) is 4.98. The van der Waals surface area contributed by atoms with Crippen molar-refractivity contribution in [2.45, 2.75) is 6.92 Å². The van der Waals surface area contributed by atoms with Gasteiger partial charge >= 0.3 is 0 Å². The number of carbonyl (C=O) groups is 1. The monoisotopic (exact) mass is 211 g/mol. The minimum Gasteiger partial charge on any atom is -0.339 e. The Morgan fingerprint density at radius 1 is 1.20 bits per heavy atom. The van der Waals surface area contributed by atoms with Crippen LogP contribution in [0.5, 0.6) is 0 Å². The zero-order valence-electron chi connectivity index (χ0n) is 9.78. The highest BCUT2D eigenvalue weighted by atomic mass is 16.2. The van der Waals surface area contributed by atoms with Crippen LogP contribution < -0.4 is 0 Å². The molecule has 2 fully saturated rings. The van der Waals surface area contributed by atoms with Crippen LogP contribution in [0.4, 0.5) is 0 Å². The number of piperazine rings is 1. The molecule has 0 saturated carbocycles. The van der Waals surface area contributed by atoms with Gasteiger partial charge in [-0.25, -0.2) is 0 Å². The third-order valence-electron chi connectivity index (χ3n) is 3.35. The van der Waals surface area contributed by atoms with Crippen LogP contribution in [0.1, 0.15) is 6.92 Å². The summed E-state index contributed by atoms with van der Waals surface area (Å²) in [5.74, 6) is 1.10. The van der Waals surface area contributed by atoms with Gasteiger partial charge in [0.05, 0.1) is 6.54 Å². The van der Waals surface area contributed by atoms with E-state index in [0.29, 0.717) is 12.5 Å². The number of rotatable bonds is 2. The fourth-order valence-corrected chi connectivity index (χ4v) is 2.30. The van der Waals surface area contributed by atoms with Crippen molar-refractivity contribution < 1.29 is 4.79 Å². The van der Waals surface area contributed by atoms with Gasteiger partial charge in [0.1, 0.15) is 0 Å². The number of likely N-dealkylation sites (tertiary alicyclic amines) is 1. The lowest BCUT2D eigenvalue weighted by Crippen LogP contribution is -2.53. The standard InChI is InChI=1S/C11H21N3O/c1-10-7-13(8-10)9-11(15)14-5-3-12(2)4-6-14/h10H,3-9H2,1-2H3. The quantitative estimate of drug-likeness (QED) is 0.628. The van der Waals surface area contributed by atoms with Crippen molar-refractivity contribution in [3.8, 4) is 0 Å². The molecule has 15 heavy (non-hydrogen) atoms. The van der Waals surface area contributed by atoms with E-state index >= 15 is 0 Å². The van der Waals surface area contributed by atoms with Crippen molar-refractivity contribution in [3.63, 3.8) is 0 Å². The number of amides is 1. The fourth-order valence-electron chi connectivity index (χ4n) is 2.30. The predicted molar refractivity (Wildman–Crippen MR) is 59.7 cm³/mol. The number of nitrogens with zero attached hydrogens (tertiary/aromatic N) is 3. The SMILES string of the molecule is CC1CN(CC(=O)N2CCN(C)CC2)C1. The average Bonchev–Trinajstić information content (AvgIpc) is 2.16. The smallest absolute Gasteiger partial charge is 0.236 e. The van der Waals surface area contributed by atoms with E-state index < -0.39 is 0 Å². The first-order chi connectivity index (χ1) is 7.15. The molecule has 0 aromatic heterocycles. The summed E-state index contributed by atoms with van der Waals surface area (Å²) in [4.78, 5) is 18.4. The van der Waals surface area contributed by atoms with Crippen molar-refractivity contribution in [3.05, 3.63) is 0 Å². The number of hydrogen-bond acceptors (Lipinski definition) is 3. The Morgan fingerprint density at radius 3 is 2.33 bits per heavy atom. The van der Waals surface area contributed by atoms with Crippen molar-refractivity contribution >= 4 is 5.91 Å². The van der Waals surface area contributed by atoms with Crippen molar-refractivity contribution in [2.24, 2.45) is 5.92 Å². The highest BCUT2D eigenvalue weighted by Crippen LogP contribution is 2.14. The van der Waals surface area contributed by atoms with Crippen LogP contribution in [0, 0.1) is 5.92 Å². The largest absolute Gasteiger partial charge is 0.339 e. The first-order valence-corrected chi connectivity index (χ1v) is 5.84. The normalized spacial score (nSPS) is 25.3. The van der Waals surface area contributed by atoms with E-state index in [0.717, 1.165) is 45.2 Å². The molecule has 2 heterocycles. The molecule has 0 aromatic rings. The highest BCUT2D eigenvalue weighted by molar-refractivity contribution is 5.78. The maximum atomic E-state index is 11.9. The van der Waals surface area contributed by atoms with Gasteiger partial charge in [-0.1, -0.05) is 6.92 Å². The zero-order chi connectivity index (χ0) is 10.8. The maximum absolute atomic E-state index is 11.9. The zero-order valence-corrected chi connectivity index (χ0v) is 9.78. The number of likely N-dealkylation sites (N-methyl/N-ethyl adjacent to an activating group) is 1. The van der Waals surface area contributed by atoms with Gasteiger partial charge in [0.2, 0.25) is 5.91 Å². The first-order valence-electron chi connectivity index (χ1n) is 5.84. The van der Waals surface area contributed by atoms with E-state index in [9.17, 15) is 4.79 Å². The molecule has 0 aliphatic carbocycles. The van der Waals surface area contributed by atoms with E-state index in [4.69, 9.17) is 0 Å². The van der Waals surface area contributed by atoms with Crippen LogP contribution in [-0.2, 0) is 4.79 Å². The van der Waals surface area contributed by atoms with Crippen LogP contribution in [0.2, 0.25) is 0 Å². The molecule has 4 nitrogen and oxygen atoms in total. The fraction of sp³-hybridized carbons (Fsp3) is 0.909. The van der Waals surface area contributed by atoms with Gasteiger partial charge < -0.3 is 9.80 Å². The molecule has 0 N–H and O–H groups in total. The highest BCUT2D eigenvalue weighted by Gasteiger charge is 2.27. The second kappa shape index (κ2) is 4.49. The minimum absolute atomic E-state index is 0.315. The Labute approximate surface area is 91.8 Å². The molecule has 2 aliphatic heterocycles. The predicted octanol–water partition coefficient (Wildman–Crippen LogP) is -0.288. The summed E-state index contributed by atoms with van der Waals surface area (Å²) in [6.45, 7) is 8.89. The summed E-state index contributed by atoms with van der Waals surface area (Å²) in [6, 6.07) is 0. The lowest BCUT2D eigenvalue weighted by molar-refractivity contribution is -0.135. The van der Waals surface area contributed by atoms with Crippen LogP contribution in [0.3, 0.4) is 0 Å². The molecule has 2 rings (SSSR count). The molecule has 0 radical (unpaired) electrons. The maximum Gasteiger partial charge on any atom is 0.236 e. The van der Waals surface area contributed by atoms with Gasteiger partial charge in [-0.15, -0.1) is 0 Å². The van der Waals surface area contributed by atoms with E-state index in [1.807, 2.05) is 4.90 Å². The van der Waals surface area contributed by atoms with Gasteiger partial charge in [-0.05, 0) is 13.0 Å². The Morgan fingerprint density at radius 2 is 1.80 bits per heavy atom. The summed E-state index contributed by atoms with van der Waals surface area (Å²) in [5, 5.41) is 0. The van der Waals surface area contributed by atoms with E-state index in [2.05, 4.69) is 23.8 Å². The Balaban J connectivity index is 1.71. The molecular formula is C11H21N3O. The molecule has 0 bridgehead atoms. The van der Waals surface area contributed by atoms with Crippen LogP contribution in [0.25, 0.3) is 0 Å². The third kappa shape index (κ3) is 2.69. The van der Waals surface area contributed by atoms with Gasteiger partial charge in [-0.3, -0.25) is 9.69 Å². The van der Waals surface area contributed by atoms with Gasteiger partial charge in [0, 0.05) is 39.3 Å². The Hall–Kier alpha value is -0.610. The van der Waals surface area contributed by atoms with E-state index in [-0.39, 0.29) is 0 Å². The molecule has 4 heteroatoms. The van der Waals surface area contributed by atoms with Crippen molar-refractivity contribution in [2.75, 3.05) is 52.9 Å². The van der Waals surface area contributed by atoms with Gasteiger partial charge in [0.15, 0.2) is 0 Å². The minimum atomic E-state index is 0.315. The first kappa shape index (κ1) is 10.9.